The van der Waals surface area contributed by atoms with Gasteiger partial charge in [-0.3, -0.25) is 0 Å². The van der Waals surface area contributed by atoms with Crippen LogP contribution in [0.3, 0.4) is 0 Å². The Morgan fingerprint density at radius 3 is 2.93 bits per heavy atom. The summed E-state index contributed by atoms with van der Waals surface area (Å²) < 4.78 is 0. The number of rotatable bonds is 3. The van der Waals surface area contributed by atoms with E-state index >= 15 is 0 Å². The van der Waals surface area contributed by atoms with Gasteiger partial charge in [0.15, 0.2) is 0 Å². The first-order valence-corrected chi connectivity index (χ1v) is 5.39. The molecule has 2 unspecified atom stereocenters. The molecule has 1 fully saturated rings. The predicted molar refractivity (Wildman–Crippen MR) is 60.5 cm³/mol. The minimum atomic E-state index is -0.140. The predicted octanol–water partition coefficient (Wildman–Crippen LogP) is 1.24. The molecule has 0 bridgehead atoms. The molecule has 1 aromatic rings. The van der Waals surface area contributed by atoms with Crippen molar-refractivity contribution < 1.29 is 5.11 Å². The van der Waals surface area contributed by atoms with Crippen molar-refractivity contribution in [2.75, 3.05) is 17.6 Å². The Hall–Kier alpha value is -1.29. The van der Waals surface area contributed by atoms with Crippen LogP contribution in [-0.4, -0.2) is 22.7 Å². The lowest BCUT2D eigenvalue weighted by molar-refractivity contribution is 0.138. The minimum absolute atomic E-state index is 0.140. The van der Waals surface area contributed by atoms with Gasteiger partial charge in [0.2, 0.25) is 0 Å². The van der Waals surface area contributed by atoms with Crippen LogP contribution in [0.4, 0.5) is 11.5 Å². The van der Waals surface area contributed by atoms with Gasteiger partial charge >= 0.3 is 0 Å². The van der Waals surface area contributed by atoms with E-state index in [0.29, 0.717) is 11.7 Å². The number of aliphatic hydroxyl groups excluding tert-OH is 1. The van der Waals surface area contributed by atoms with E-state index in [1.807, 2.05) is 6.07 Å². The van der Waals surface area contributed by atoms with Crippen LogP contribution in [-0.2, 0) is 0 Å². The molecular formula is C11H17N3O. The number of nitrogen functional groups attached to an aromatic ring is 1. The van der Waals surface area contributed by atoms with Gasteiger partial charge in [-0.25, -0.2) is 4.98 Å². The zero-order valence-electron chi connectivity index (χ0n) is 8.69. The molecule has 0 radical (unpaired) electrons. The summed E-state index contributed by atoms with van der Waals surface area (Å²) in [6.45, 7) is 0.812. The van der Waals surface area contributed by atoms with E-state index in [4.69, 9.17) is 5.73 Å². The molecule has 82 valence electrons. The maximum Gasteiger partial charge on any atom is 0.123 e. The van der Waals surface area contributed by atoms with Crippen LogP contribution in [0.25, 0.3) is 0 Å². The van der Waals surface area contributed by atoms with Crippen LogP contribution >= 0.6 is 0 Å². The largest absolute Gasteiger partial charge is 0.393 e. The zero-order chi connectivity index (χ0) is 10.7. The highest BCUT2D eigenvalue weighted by Gasteiger charge is 2.24. The Kier molecular flexibility index (Phi) is 3.06. The van der Waals surface area contributed by atoms with Gasteiger partial charge < -0.3 is 16.2 Å². The Labute approximate surface area is 89.5 Å². The average Bonchev–Trinajstić information content (AvgIpc) is 2.63. The third-order valence-electron chi connectivity index (χ3n) is 2.97. The average molecular weight is 207 g/mol. The minimum Gasteiger partial charge on any atom is -0.393 e. The quantitative estimate of drug-likeness (QED) is 0.697. The van der Waals surface area contributed by atoms with Crippen LogP contribution < -0.4 is 11.1 Å². The second-order valence-corrected chi connectivity index (χ2v) is 4.11. The van der Waals surface area contributed by atoms with Crippen LogP contribution in [0.2, 0.25) is 0 Å². The molecule has 2 atom stereocenters. The lowest BCUT2D eigenvalue weighted by Gasteiger charge is -2.15. The van der Waals surface area contributed by atoms with Gasteiger partial charge in [-0.15, -0.1) is 0 Å². The lowest BCUT2D eigenvalue weighted by Crippen LogP contribution is -2.21. The third-order valence-corrected chi connectivity index (χ3v) is 2.97. The van der Waals surface area contributed by atoms with Crippen molar-refractivity contribution in [2.24, 2.45) is 5.92 Å². The molecule has 1 aliphatic carbocycles. The highest BCUT2D eigenvalue weighted by molar-refractivity contribution is 5.45. The van der Waals surface area contributed by atoms with Crippen molar-refractivity contribution in [1.82, 2.24) is 4.98 Å². The molecule has 4 nitrogen and oxygen atoms in total. The van der Waals surface area contributed by atoms with Gasteiger partial charge in [0.05, 0.1) is 18.0 Å². The van der Waals surface area contributed by atoms with Crippen LogP contribution in [0, 0.1) is 5.92 Å². The Morgan fingerprint density at radius 1 is 1.47 bits per heavy atom. The van der Waals surface area contributed by atoms with Crippen LogP contribution in [0.15, 0.2) is 18.3 Å². The first-order chi connectivity index (χ1) is 7.25. The molecule has 1 heterocycles. The van der Waals surface area contributed by atoms with Crippen LogP contribution in [0.5, 0.6) is 0 Å². The van der Waals surface area contributed by atoms with Crippen molar-refractivity contribution in [3.63, 3.8) is 0 Å². The van der Waals surface area contributed by atoms with E-state index < -0.39 is 0 Å². The second kappa shape index (κ2) is 4.49. The van der Waals surface area contributed by atoms with Crippen LogP contribution in [0.1, 0.15) is 19.3 Å². The number of aliphatic hydroxyl groups is 1. The normalized spacial score (nSPS) is 25.4. The Balaban J connectivity index is 1.85. The smallest absolute Gasteiger partial charge is 0.123 e. The van der Waals surface area contributed by atoms with E-state index in [0.717, 1.165) is 31.5 Å². The summed E-state index contributed by atoms with van der Waals surface area (Å²) in [5.74, 6) is 0.906. The molecule has 0 spiro atoms. The molecule has 1 saturated carbocycles. The summed E-state index contributed by atoms with van der Waals surface area (Å²) in [5.41, 5.74) is 6.45. The number of nitrogens with one attached hydrogen (secondary N) is 1. The summed E-state index contributed by atoms with van der Waals surface area (Å²) in [7, 11) is 0. The first kappa shape index (κ1) is 10.2. The molecule has 0 saturated heterocycles. The van der Waals surface area contributed by atoms with Crippen molar-refractivity contribution in [1.29, 1.82) is 0 Å². The van der Waals surface area contributed by atoms with Crippen molar-refractivity contribution in [3.05, 3.63) is 18.3 Å². The van der Waals surface area contributed by atoms with Crippen molar-refractivity contribution in [2.45, 2.75) is 25.4 Å². The number of anilines is 2. The lowest BCUT2D eigenvalue weighted by atomic mass is 10.1. The highest BCUT2D eigenvalue weighted by Crippen LogP contribution is 2.25. The van der Waals surface area contributed by atoms with Gasteiger partial charge in [0.25, 0.3) is 0 Å². The number of nitrogens with two attached hydrogens (primary N) is 1. The molecular weight excluding hydrogens is 190 g/mol. The fourth-order valence-corrected chi connectivity index (χ4v) is 2.01. The molecule has 0 aliphatic heterocycles. The molecule has 2 rings (SSSR count). The second-order valence-electron chi connectivity index (χ2n) is 4.11. The summed E-state index contributed by atoms with van der Waals surface area (Å²) in [4.78, 5) is 4.00. The zero-order valence-corrected chi connectivity index (χ0v) is 8.69. The summed E-state index contributed by atoms with van der Waals surface area (Å²) in [5, 5.41) is 12.9. The molecule has 1 aromatic heterocycles. The summed E-state index contributed by atoms with van der Waals surface area (Å²) in [6.07, 6.45) is 4.76. The van der Waals surface area contributed by atoms with Crippen molar-refractivity contribution in [3.8, 4) is 0 Å². The van der Waals surface area contributed by atoms with E-state index in [1.165, 1.54) is 0 Å². The van der Waals surface area contributed by atoms with E-state index in [9.17, 15) is 5.11 Å². The maximum atomic E-state index is 9.64. The van der Waals surface area contributed by atoms with Gasteiger partial charge in [0, 0.05) is 12.5 Å². The number of hydrogen-bond donors (Lipinski definition) is 3. The monoisotopic (exact) mass is 207 g/mol. The topological polar surface area (TPSA) is 71.2 Å². The van der Waals surface area contributed by atoms with Gasteiger partial charge in [-0.05, 0) is 25.0 Å². The van der Waals surface area contributed by atoms with E-state index in [1.54, 1.807) is 12.3 Å². The maximum absolute atomic E-state index is 9.64. The fraction of sp³-hybridized carbons (Fsp3) is 0.545. The standard InChI is InChI=1S/C11H17N3O/c12-11-5-4-9(7-14-11)13-6-8-2-1-3-10(8)15/h4-5,7-8,10,13,15H,1-3,6H2,(H2,12,14). The van der Waals surface area contributed by atoms with Crippen molar-refractivity contribution >= 4 is 11.5 Å². The Bertz CT molecular complexity index is 312. The number of nitrogens with zero attached hydrogens (tertiary/aromatic N) is 1. The molecule has 15 heavy (non-hydrogen) atoms. The van der Waals surface area contributed by atoms with Gasteiger partial charge in [0.1, 0.15) is 5.82 Å². The molecule has 4 heteroatoms. The van der Waals surface area contributed by atoms with E-state index in [-0.39, 0.29) is 6.10 Å². The van der Waals surface area contributed by atoms with Gasteiger partial charge in [-0.1, -0.05) is 6.42 Å². The molecule has 0 aromatic carbocycles. The summed E-state index contributed by atoms with van der Waals surface area (Å²) in [6, 6.07) is 3.68. The number of aromatic nitrogens is 1. The van der Waals surface area contributed by atoms with Gasteiger partial charge in [-0.2, -0.15) is 0 Å². The SMILES string of the molecule is Nc1ccc(NCC2CCCC2O)cn1. The molecule has 0 amide bonds. The molecule has 4 N–H and O–H groups in total. The van der Waals surface area contributed by atoms with E-state index in [2.05, 4.69) is 10.3 Å². The highest BCUT2D eigenvalue weighted by atomic mass is 16.3. The first-order valence-electron chi connectivity index (χ1n) is 5.39. The fourth-order valence-electron chi connectivity index (χ4n) is 2.01. The summed E-state index contributed by atoms with van der Waals surface area (Å²) >= 11 is 0. The number of pyridine rings is 1. The molecule has 1 aliphatic rings. The third kappa shape index (κ3) is 2.59. The number of hydrogen-bond acceptors (Lipinski definition) is 4. The Morgan fingerprint density at radius 2 is 2.33 bits per heavy atom.